The fourth-order valence-electron chi connectivity index (χ4n) is 0.939. The minimum absolute atomic E-state index is 0.0962. The normalized spacial score (nSPS) is 24.9. The molecule has 0 aromatic rings. The summed E-state index contributed by atoms with van der Waals surface area (Å²) in [6, 6.07) is 0. The summed E-state index contributed by atoms with van der Waals surface area (Å²) in [7, 11) is 0. The van der Waals surface area contributed by atoms with Crippen LogP contribution in [0.1, 0.15) is 26.2 Å². The summed E-state index contributed by atoms with van der Waals surface area (Å²) in [5, 5.41) is -0.0962. The molecule has 0 aromatic carbocycles. The van der Waals surface area contributed by atoms with E-state index in [0.717, 1.165) is 12.2 Å². The fourth-order valence-corrected chi connectivity index (χ4v) is 1.70. The molecule has 2 nitrogen and oxygen atoms in total. The summed E-state index contributed by atoms with van der Waals surface area (Å²) in [6.45, 7) is 2.14. The molecular weight excluding hydrogens is 148 g/mol. The quantitative estimate of drug-likeness (QED) is 0.593. The largest absolute Gasteiger partial charge is 0.453 e. The minimum Gasteiger partial charge on any atom is -0.453 e. The second kappa shape index (κ2) is 3.86. The highest BCUT2D eigenvalue weighted by Crippen LogP contribution is 2.22. The van der Waals surface area contributed by atoms with Gasteiger partial charge in [-0.05, 0) is 18.2 Å². The molecule has 0 aromatic heterocycles. The van der Waals surface area contributed by atoms with E-state index in [1.165, 1.54) is 24.6 Å². The number of cyclic esters (lactones) is 1. The van der Waals surface area contributed by atoms with Gasteiger partial charge in [-0.1, -0.05) is 19.8 Å². The maximum atomic E-state index is 10.6. The lowest BCUT2D eigenvalue weighted by atomic mass is 10.2. The van der Waals surface area contributed by atoms with Gasteiger partial charge in [-0.3, -0.25) is 0 Å². The van der Waals surface area contributed by atoms with Crippen molar-refractivity contribution in [3.8, 4) is 0 Å². The van der Waals surface area contributed by atoms with Crippen molar-refractivity contribution in [2.24, 2.45) is 0 Å². The van der Waals surface area contributed by atoms with Crippen LogP contribution in [0.2, 0.25) is 0 Å². The minimum atomic E-state index is -0.0962. The van der Waals surface area contributed by atoms with E-state index in [2.05, 4.69) is 6.92 Å². The number of hydrogen-bond acceptors (Lipinski definition) is 3. The average molecular weight is 160 g/mol. The Morgan fingerprint density at radius 2 is 2.60 bits per heavy atom. The van der Waals surface area contributed by atoms with Gasteiger partial charge in [0.1, 0.15) is 6.10 Å². The van der Waals surface area contributed by atoms with E-state index in [4.69, 9.17) is 4.74 Å². The van der Waals surface area contributed by atoms with E-state index in [-0.39, 0.29) is 11.4 Å². The monoisotopic (exact) mass is 160 g/mol. The summed E-state index contributed by atoms with van der Waals surface area (Å²) < 4.78 is 4.99. The SMILES string of the molecule is CCCCC1CSC(=O)O1. The summed E-state index contributed by atoms with van der Waals surface area (Å²) in [4.78, 5) is 10.6. The van der Waals surface area contributed by atoms with Crippen LogP contribution in [-0.2, 0) is 4.74 Å². The van der Waals surface area contributed by atoms with Crippen molar-refractivity contribution in [2.45, 2.75) is 32.3 Å². The highest BCUT2D eigenvalue weighted by atomic mass is 32.2. The van der Waals surface area contributed by atoms with Crippen LogP contribution in [0, 0.1) is 0 Å². The number of hydrogen-bond donors (Lipinski definition) is 0. The van der Waals surface area contributed by atoms with Crippen LogP contribution in [0.25, 0.3) is 0 Å². The topological polar surface area (TPSA) is 26.3 Å². The van der Waals surface area contributed by atoms with Gasteiger partial charge in [-0.15, -0.1) is 0 Å². The van der Waals surface area contributed by atoms with Gasteiger partial charge in [0.25, 0.3) is 0 Å². The van der Waals surface area contributed by atoms with Gasteiger partial charge in [-0.2, -0.15) is 0 Å². The Morgan fingerprint density at radius 3 is 3.10 bits per heavy atom. The zero-order chi connectivity index (χ0) is 7.40. The third-order valence-electron chi connectivity index (χ3n) is 1.53. The van der Waals surface area contributed by atoms with Crippen molar-refractivity contribution < 1.29 is 9.53 Å². The first-order valence-corrected chi connectivity index (χ1v) is 4.65. The van der Waals surface area contributed by atoms with Crippen molar-refractivity contribution >= 4 is 17.1 Å². The smallest absolute Gasteiger partial charge is 0.367 e. The first-order chi connectivity index (χ1) is 4.83. The lowest BCUT2D eigenvalue weighted by Gasteiger charge is -2.04. The molecule has 58 valence electrons. The molecule has 0 amide bonds. The molecule has 1 atom stereocenters. The summed E-state index contributed by atoms with van der Waals surface area (Å²) in [5.41, 5.74) is 0. The molecule has 0 N–H and O–H groups in total. The van der Waals surface area contributed by atoms with E-state index in [0.29, 0.717) is 0 Å². The van der Waals surface area contributed by atoms with Crippen LogP contribution >= 0.6 is 11.8 Å². The van der Waals surface area contributed by atoms with Crippen LogP contribution in [0.5, 0.6) is 0 Å². The summed E-state index contributed by atoms with van der Waals surface area (Å²) in [5.74, 6) is 0.860. The average Bonchev–Trinajstić information content (AvgIpc) is 2.31. The molecule has 3 heteroatoms. The van der Waals surface area contributed by atoms with Crippen molar-refractivity contribution in [3.63, 3.8) is 0 Å². The molecule has 10 heavy (non-hydrogen) atoms. The first-order valence-electron chi connectivity index (χ1n) is 3.66. The van der Waals surface area contributed by atoms with E-state index in [1.54, 1.807) is 0 Å². The molecule has 1 unspecified atom stereocenters. The summed E-state index contributed by atoms with van der Waals surface area (Å²) >= 11 is 1.29. The van der Waals surface area contributed by atoms with Crippen molar-refractivity contribution in [1.82, 2.24) is 0 Å². The lowest BCUT2D eigenvalue weighted by molar-refractivity contribution is 0.138. The van der Waals surface area contributed by atoms with Gasteiger partial charge >= 0.3 is 5.30 Å². The van der Waals surface area contributed by atoms with Gasteiger partial charge in [0.15, 0.2) is 0 Å². The zero-order valence-electron chi connectivity index (χ0n) is 6.13. The molecule has 0 aliphatic carbocycles. The molecule has 1 saturated heterocycles. The molecule has 1 aliphatic rings. The standard InChI is InChI=1S/C7H12O2S/c1-2-3-4-6-5-10-7(8)9-6/h6H,2-5H2,1H3. The Hall–Kier alpha value is -0.180. The number of thioether (sulfide) groups is 1. The van der Waals surface area contributed by atoms with Crippen LogP contribution in [0.4, 0.5) is 4.79 Å². The van der Waals surface area contributed by atoms with Gasteiger partial charge in [0.2, 0.25) is 0 Å². The predicted octanol–water partition coefficient (Wildman–Crippen LogP) is 2.43. The number of ether oxygens (including phenoxy) is 1. The van der Waals surface area contributed by atoms with Gasteiger partial charge in [0.05, 0.1) is 0 Å². The van der Waals surface area contributed by atoms with Crippen LogP contribution in [-0.4, -0.2) is 17.2 Å². The lowest BCUT2D eigenvalue weighted by Crippen LogP contribution is -2.08. The second-order valence-corrected chi connectivity index (χ2v) is 3.40. The van der Waals surface area contributed by atoms with E-state index in [9.17, 15) is 4.79 Å². The Bertz CT molecular complexity index is 125. The van der Waals surface area contributed by atoms with Crippen LogP contribution in [0.15, 0.2) is 0 Å². The zero-order valence-corrected chi connectivity index (χ0v) is 6.95. The highest BCUT2D eigenvalue weighted by molar-refractivity contribution is 8.13. The molecule has 0 bridgehead atoms. The Morgan fingerprint density at radius 1 is 1.80 bits per heavy atom. The molecule has 0 radical (unpaired) electrons. The van der Waals surface area contributed by atoms with E-state index in [1.807, 2.05) is 0 Å². The Kier molecular flexibility index (Phi) is 3.06. The van der Waals surface area contributed by atoms with Crippen LogP contribution < -0.4 is 0 Å². The van der Waals surface area contributed by atoms with Gasteiger partial charge in [-0.25, -0.2) is 4.79 Å². The molecular formula is C7H12O2S. The maximum absolute atomic E-state index is 10.6. The Balaban J connectivity index is 2.12. The van der Waals surface area contributed by atoms with Gasteiger partial charge in [0, 0.05) is 5.75 Å². The third-order valence-corrected chi connectivity index (χ3v) is 2.40. The number of carbonyl (C=O) groups excluding carboxylic acids is 1. The molecule has 1 rings (SSSR count). The Labute approximate surface area is 65.3 Å². The fraction of sp³-hybridized carbons (Fsp3) is 0.857. The van der Waals surface area contributed by atoms with Gasteiger partial charge < -0.3 is 4.74 Å². The maximum Gasteiger partial charge on any atom is 0.367 e. The number of carbonyl (C=O) groups is 1. The molecule has 0 saturated carbocycles. The van der Waals surface area contributed by atoms with Crippen molar-refractivity contribution in [3.05, 3.63) is 0 Å². The third kappa shape index (κ3) is 2.21. The predicted molar refractivity (Wildman–Crippen MR) is 42.3 cm³/mol. The first kappa shape index (κ1) is 7.92. The summed E-state index contributed by atoms with van der Waals surface area (Å²) in [6.07, 6.45) is 3.59. The highest BCUT2D eigenvalue weighted by Gasteiger charge is 2.22. The van der Waals surface area contributed by atoms with Crippen molar-refractivity contribution in [1.29, 1.82) is 0 Å². The van der Waals surface area contributed by atoms with E-state index >= 15 is 0 Å². The molecule has 1 fully saturated rings. The number of unbranched alkanes of at least 4 members (excludes halogenated alkanes) is 1. The molecule has 1 heterocycles. The molecule has 1 aliphatic heterocycles. The second-order valence-electron chi connectivity index (χ2n) is 2.44. The number of rotatable bonds is 3. The van der Waals surface area contributed by atoms with Crippen LogP contribution in [0.3, 0.4) is 0 Å². The molecule has 0 spiro atoms. The van der Waals surface area contributed by atoms with E-state index < -0.39 is 0 Å². The van der Waals surface area contributed by atoms with Crippen molar-refractivity contribution in [2.75, 3.05) is 5.75 Å².